The van der Waals surface area contributed by atoms with E-state index in [0.29, 0.717) is 6.54 Å². The van der Waals surface area contributed by atoms with Gasteiger partial charge in [0.15, 0.2) is 0 Å². The monoisotopic (exact) mass is 218 g/mol. The molecule has 1 fully saturated rings. The molecule has 3 heteroatoms. The molecule has 1 aromatic rings. The summed E-state index contributed by atoms with van der Waals surface area (Å²) in [6.45, 7) is 2.17. The van der Waals surface area contributed by atoms with Gasteiger partial charge >= 0.3 is 0 Å². The van der Waals surface area contributed by atoms with Gasteiger partial charge in [-0.1, -0.05) is 30.3 Å². The van der Waals surface area contributed by atoms with Gasteiger partial charge in [-0.05, 0) is 18.4 Å². The molecule has 0 spiro atoms. The fraction of sp³-hybridized carbons (Fsp3) is 0.462. The molecule has 3 nitrogen and oxygen atoms in total. The van der Waals surface area contributed by atoms with Crippen LogP contribution in [0.5, 0.6) is 0 Å². The third-order valence-electron chi connectivity index (χ3n) is 3.21. The highest BCUT2D eigenvalue weighted by molar-refractivity contribution is 5.81. The second-order valence-electron chi connectivity index (χ2n) is 4.28. The van der Waals surface area contributed by atoms with Crippen molar-refractivity contribution < 1.29 is 4.79 Å². The fourth-order valence-corrected chi connectivity index (χ4v) is 2.15. The Balaban J connectivity index is 1.86. The first-order valence-electron chi connectivity index (χ1n) is 5.84. The lowest BCUT2D eigenvalue weighted by Gasteiger charge is -2.16. The summed E-state index contributed by atoms with van der Waals surface area (Å²) in [5.74, 6) is 0.300. The molecule has 1 heterocycles. The van der Waals surface area contributed by atoms with Crippen LogP contribution >= 0.6 is 0 Å². The Hall–Kier alpha value is -1.35. The van der Waals surface area contributed by atoms with Gasteiger partial charge < -0.3 is 10.6 Å². The molecule has 1 aromatic carbocycles. The van der Waals surface area contributed by atoms with Crippen molar-refractivity contribution in [3.05, 3.63) is 35.9 Å². The lowest BCUT2D eigenvalue weighted by Crippen LogP contribution is -2.31. The van der Waals surface area contributed by atoms with Crippen LogP contribution in [0.4, 0.5) is 0 Å². The van der Waals surface area contributed by atoms with Crippen molar-refractivity contribution in [1.29, 1.82) is 0 Å². The van der Waals surface area contributed by atoms with Crippen molar-refractivity contribution >= 4 is 5.91 Å². The van der Waals surface area contributed by atoms with E-state index in [1.807, 2.05) is 23.1 Å². The molecule has 0 bridgehead atoms. The SMILES string of the molecule is NC[C@@H]1CCN(CCc2ccccc2)C1=O. The van der Waals surface area contributed by atoms with Gasteiger partial charge in [0.2, 0.25) is 5.91 Å². The molecule has 2 rings (SSSR count). The Morgan fingerprint density at radius 1 is 1.31 bits per heavy atom. The average Bonchev–Trinajstić information content (AvgIpc) is 2.69. The summed E-state index contributed by atoms with van der Waals surface area (Å²) in [7, 11) is 0. The Kier molecular flexibility index (Phi) is 3.57. The maximum absolute atomic E-state index is 11.8. The van der Waals surface area contributed by atoms with Gasteiger partial charge in [0, 0.05) is 19.6 Å². The summed E-state index contributed by atoms with van der Waals surface area (Å²) in [6.07, 6.45) is 1.86. The van der Waals surface area contributed by atoms with Crippen molar-refractivity contribution in [3.8, 4) is 0 Å². The molecule has 1 aliphatic heterocycles. The maximum Gasteiger partial charge on any atom is 0.227 e. The molecule has 16 heavy (non-hydrogen) atoms. The molecule has 1 saturated heterocycles. The van der Waals surface area contributed by atoms with E-state index in [4.69, 9.17) is 5.73 Å². The minimum absolute atomic E-state index is 0.0655. The van der Waals surface area contributed by atoms with Gasteiger partial charge in [-0.2, -0.15) is 0 Å². The molecule has 1 aliphatic rings. The standard InChI is InChI=1S/C13H18N2O/c14-10-12-7-9-15(13(12)16)8-6-11-4-2-1-3-5-11/h1-5,12H,6-10,14H2/t12-/m0/s1. The Bertz CT molecular complexity index is 350. The zero-order valence-electron chi connectivity index (χ0n) is 9.43. The highest BCUT2D eigenvalue weighted by Crippen LogP contribution is 2.17. The van der Waals surface area contributed by atoms with Gasteiger partial charge in [0.1, 0.15) is 0 Å². The number of rotatable bonds is 4. The van der Waals surface area contributed by atoms with Gasteiger partial charge in [0.05, 0.1) is 5.92 Å². The zero-order chi connectivity index (χ0) is 11.4. The highest BCUT2D eigenvalue weighted by atomic mass is 16.2. The van der Waals surface area contributed by atoms with E-state index in [1.54, 1.807) is 0 Å². The summed E-state index contributed by atoms with van der Waals surface area (Å²) in [5, 5.41) is 0. The molecule has 1 amide bonds. The number of nitrogens with zero attached hydrogens (tertiary/aromatic N) is 1. The van der Waals surface area contributed by atoms with E-state index in [9.17, 15) is 4.79 Å². The third kappa shape index (κ3) is 2.42. The van der Waals surface area contributed by atoms with Crippen LogP contribution in [0.15, 0.2) is 30.3 Å². The van der Waals surface area contributed by atoms with Crippen LogP contribution in [0.3, 0.4) is 0 Å². The van der Waals surface area contributed by atoms with Crippen molar-refractivity contribution in [2.24, 2.45) is 11.7 Å². The Labute approximate surface area is 96.2 Å². The second kappa shape index (κ2) is 5.12. The van der Waals surface area contributed by atoms with Crippen molar-refractivity contribution in [2.75, 3.05) is 19.6 Å². The molecule has 86 valence electrons. The van der Waals surface area contributed by atoms with E-state index in [2.05, 4.69) is 12.1 Å². The molecule has 0 aromatic heterocycles. The zero-order valence-corrected chi connectivity index (χ0v) is 9.43. The van der Waals surface area contributed by atoms with E-state index >= 15 is 0 Å². The van der Waals surface area contributed by atoms with Crippen molar-refractivity contribution in [2.45, 2.75) is 12.8 Å². The van der Waals surface area contributed by atoms with Crippen molar-refractivity contribution in [3.63, 3.8) is 0 Å². The third-order valence-corrected chi connectivity index (χ3v) is 3.21. The maximum atomic E-state index is 11.8. The fourth-order valence-electron chi connectivity index (χ4n) is 2.15. The quantitative estimate of drug-likeness (QED) is 0.820. The van der Waals surface area contributed by atoms with E-state index in [-0.39, 0.29) is 11.8 Å². The van der Waals surface area contributed by atoms with Crippen LogP contribution in [0.1, 0.15) is 12.0 Å². The summed E-state index contributed by atoms with van der Waals surface area (Å²) < 4.78 is 0. The van der Waals surface area contributed by atoms with Crippen molar-refractivity contribution in [1.82, 2.24) is 4.90 Å². The Morgan fingerprint density at radius 2 is 2.06 bits per heavy atom. The number of carbonyl (C=O) groups excluding carboxylic acids is 1. The first-order valence-corrected chi connectivity index (χ1v) is 5.84. The normalized spacial score (nSPS) is 20.4. The number of hydrogen-bond acceptors (Lipinski definition) is 2. The number of likely N-dealkylation sites (tertiary alicyclic amines) is 1. The molecule has 0 radical (unpaired) electrons. The van der Waals surface area contributed by atoms with Crippen LogP contribution in [0.25, 0.3) is 0 Å². The topological polar surface area (TPSA) is 46.3 Å². The lowest BCUT2D eigenvalue weighted by molar-refractivity contribution is -0.130. The smallest absolute Gasteiger partial charge is 0.227 e. The lowest BCUT2D eigenvalue weighted by atomic mass is 10.1. The Morgan fingerprint density at radius 3 is 2.69 bits per heavy atom. The number of carbonyl (C=O) groups is 1. The first-order chi connectivity index (χ1) is 7.81. The first kappa shape index (κ1) is 11.1. The molecule has 2 N–H and O–H groups in total. The van der Waals surface area contributed by atoms with Gasteiger partial charge in [-0.15, -0.1) is 0 Å². The molecule has 0 saturated carbocycles. The van der Waals surface area contributed by atoms with Crippen LogP contribution in [0, 0.1) is 5.92 Å². The summed E-state index contributed by atoms with van der Waals surface area (Å²) >= 11 is 0. The molecule has 1 atom stereocenters. The van der Waals surface area contributed by atoms with Crippen LogP contribution < -0.4 is 5.73 Å². The number of amides is 1. The predicted octanol–water partition coefficient (Wildman–Crippen LogP) is 1.04. The summed E-state index contributed by atoms with van der Waals surface area (Å²) in [6, 6.07) is 10.3. The number of benzene rings is 1. The minimum atomic E-state index is 0.0655. The molecule has 0 aliphatic carbocycles. The minimum Gasteiger partial charge on any atom is -0.342 e. The predicted molar refractivity (Wildman–Crippen MR) is 63.9 cm³/mol. The van der Waals surface area contributed by atoms with E-state index in [0.717, 1.165) is 25.9 Å². The van der Waals surface area contributed by atoms with Crippen LogP contribution in [-0.2, 0) is 11.2 Å². The molecule has 0 unspecified atom stereocenters. The second-order valence-corrected chi connectivity index (χ2v) is 4.28. The van der Waals surface area contributed by atoms with Gasteiger partial charge in [-0.3, -0.25) is 4.79 Å². The largest absolute Gasteiger partial charge is 0.342 e. The molecular formula is C13H18N2O. The van der Waals surface area contributed by atoms with Crippen LogP contribution in [-0.4, -0.2) is 30.4 Å². The number of nitrogens with two attached hydrogens (primary N) is 1. The van der Waals surface area contributed by atoms with E-state index < -0.39 is 0 Å². The highest BCUT2D eigenvalue weighted by Gasteiger charge is 2.29. The summed E-state index contributed by atoms with van der Waals surface area (Å²) in [4.78, 5) is 13.7. The summed E-state index contributed by atoms with van der Waals surface area (Å²) in [5.41, 5.74) is 6.83. The van der Waals surface area contributed by atoms with E-state index in [1.165, 1.54) is 5.56 Å². The van der Waals surface area contributed by atoms with Gasteiger partial charge in [-0.25, -0.2) is 0 Å². The molecular weight excluding hydrogens is 200 g/mol. The van der Waals surface area contributed by atoms with Crippen LogP contribution in [0.2, 0.25) is 0 Å². The van der Waals surface area contributed by atoms with Gasteiger partial charge in [0.25, 0.3) is 0 Å². The number of hydrogen-bond donors (Lipinski definition) is 1. The average molecular weight is 218 g/mol.